The minimum atomic E-state index is -1.80. The monoisotopic (exact) mass is 565 g/mol. The second kappa shape index (κ2) is 11.0. The molecular formula is C30H35N3O8. The van der Waals surface area contributed by atoms with Crippen LogP contribution in [0.4, 0.5) is 4.79 Å². The number of benzene rings is 1. The Kier molecular flexibility index (Phi) is 7.95. The number of cyclic esters (lactones) is 1. The quantitative estimate of drug-likeness (QED) is 0.315. The van der Waals surface area contributed by atoms with Crippen molar-refractivity contribution in [1.29, 1.82) is 0 Å². The molecule has 2 aliphatic heterocycles. The first-order chi connectivity index (χ1) is 19.2. The molecule has 1 amide bonds. The molecule has 5 rings (SSSR count). The van der Waals surface area contributed by atoms with Gasteiger partial charge < -0.3 is 29.6 Å². The van der Waals surface area contributed by atoms with Gasteiger partial charge in [-0.1, -0.05) is 25.5 Å². The predicted molar refractivity (Wildman–Crippen MR) is 151 cm³/mol. The number of amides is 1. The molecule has 0 saturated carbocycles. The number of aliphatic carboxylic acids is 1. The average Bonchev–Trinajstić information content (AvgIpc) is 3.26. The molecule has 218 valence electrons. The molecule has 0 saturated heterocycles. The fourth-order valence-electron chi connectivity index (χ4n) is 5.14. The number of alkyl carbamates (subject to hydrolysis) is 1. The second-order valence-corrected chi connectivity index (χ2v) is 11.1. The number of carbonyl (C=O) groups is 3. The lowest BCUT2D eigenvalue weighted by atomic mass is 9.86. The molecule has 41 heavy (non-hydrogen) atoms. The highest BCUT2D eigenvalue weighted by Gasteiger charge is 2.45. The highest BCUT2D eigenvalue weighted by atomic mass is 16.6. The number of nitrogens with zero attached hydrogens (tertiary/aromatic N) is 2. The number of aryl methyl sites for hydroxylation is 2. The summed E-state index contributed by atoms with van der Waals surface area (Å²) < 4.78 is 11.6. The van der Waals surface area contributed by atoms with Crippen molar-refractivity contribution in [3.8, 4) is 11.4 Å². The van der Waals surface area contributed by atoms with Gasteiger partial charge in [-0.3, -0.25) is 9.59 Å². The van der Waals surface area contributed by atoms with Crippen LogP contribution in [0.2, 0.25) is 0 Å². The van der Waals surface area contributed by atoms with E-state index in [9.17, 15) is 24.3 Å². The van der Waals surface area contributed by atoms with Gasteiger partial charge in [0.2, 0.25) is 0 Å². The van der Waals surface area contributed by atoms with Crippen LogP contribution in [0, 0.1) is 6.92 Å². The Balaban J connectivity index is 0.000000275. The van der Waals surface area contributed by atoms with E-state index in [1.807, 2.05) is 12.1 Å². The number of hydrogen-bond acceptors (Lipinski definition) is 8. The van der Waals surface area contributed by atoms with Crippen LogP contribution in [-0.2, 0) is 44.2 Å². The summed E-state index contributed by atoms with van der Waals surface area (Å²) >= 11 is 0. The number of aliphatic hydroxyl groups is 1. The summed E-state index contributed by atoms with van der Waals surface area (Å²) in [5, 5.41) is 22.3. The van der Waals surface area contributed by atoms with E-state index >= 15 is 0 Å². The van der Waals surface area contributed by atoms with Crippen LogP contribution in [0.5, 0.6) is 0 Å². The first-order valence-corrected chi connectivity index (χ1v) is 13.5. The van der Waals surface area contributed by atoms with E-state index in [1.165, 1.54) is 11.1 Å². The molecule has 0 bridgehead atoms. The zero-order valence-corrected chi connectivity index (χ0v) is 24.1. The van der Waals surface area contributed by atoms with Gasteiger partial charge in [-0.05, 0) is 64.3 Å². The number of carbonyl (C=O) groups excluding carboxylic acids is 2. The zero-order chi connectivity index (χ0) is 30.3. The fourth-order valence-corrected chi connectivity index (χ4v) is 5.14. The Morgan fingerprint density at radius 2 is 1.88 bits per heavy atom. The van der Waals surface area contributed by atoms with E-state index < -0.39 is 35.8 Å². The molecule has 11 nitrogen and oxygen atoms in total. The highest BCUT2D eigenvalue weighted by molar-refractivity contribution is 5.89. The number of hydrogen-bond donors (Lipinski definition) is 3. The van der Waals surface area contributed by atoms with Gasteiger partial charge in [0.05, 0.1) is 29.0 Å². The first kappa shape index (κ1) is 29.7. The summed E-state index contributed by atoms with van der Waals surface area (Å²) in [7, 11) is 0. The normalized spacial score (nSPS) is 17.0. The van der Waals surface area contributed by atoms with E-state index in [0.717, 1.165) is 28.6 Å². The number of aromatic nitrogens is 2. The predicted octanol–water partition coefficient (Wildman–Crippen LogP) is 3.55. The zero-order valence-electron chi connectivity index (χ0n) is 24.1. The summed E-state index contributed by atoms with van der Waals surface area (Å²) in [5.74, 6) is -1.80. The Morgan fingerprint density at radius 1 is 1.17 bits per heavy atom. The molecule has 1 atom stereocenters. The lowest BCUT2D eigenvalue weighted by Gasteiger charge is -2.31. The van der Waals surface area contributed by atoms with Gasteiger partial charge in [0, 0.05) is 16.5 Å². The van der Waals surface area contributed by atoms with E-state index in [0.29, 0.717) is 23.4 Å². The molecule has 3 aromatic rings. The summed E-state index contributed by atoms with van der Waals surface area (Å²) in [6, 6.07) is 7.93. The largest absolute Gasteiger partial charge is 0.480 e. The van der Waals surface area contributed by atoms with Crippen molar-refractivity contribution in [1.82, 2.24) is 14.9 Å². The van der Waals surface area contributed by atoms with E-state index in [1.54, 1.807) is 38.3 Å². The van der Waals surface area contributed by atoms with Crippen LogP contribution in [0.15, 0.2) is 29.1 Å². The van der Waals surface area contributed by atoms with E-state index in [4.69, 9.17) is 19.6 Å². The molecule has 4 heterocycles. The van der Waals surface area contributed by atoms with Crippen molar-refractivity contribution in [3.05, 3.63) is 62.4 Å². The molecule has 0 unspecified atom stereocenters. The Labute approximate surface area is 237 Å². The molecule has 0 fully saturated rings. The van der Waals surface area contributed by atoms with Gasteiger partial charge in [0.25, 0.3) is 5.56 Å². The molecule has 1 aromatic carbocycles. The standard InChI is InChI=1S/C23H22N2O4.C7H13NO4/c1-4-13-14-8-12(3)6-7-18(14)24-20-15(13)10-25-19(20)9-17-16(21(25)26)11-29-22(27)23(17,28)5-2;1-7(2,3)12-6(11)8-4-5(9)10/h6-9,28H,4-5,10-11H2,1-3H3;4H2,1-3H3,(H,8,11)(H,9,10)/t23-;/m0./s1. The van der Waals surface area contributed by atoms with Gasteiger partial charge in [0.15, 0.2) is 5.60 Å². The SMILES string of the molecule is CC(C)(C)OC(=O)NCC(=O)O.CCc1c2c(nc3ccc(C)cc13)-c1cc3c(c(=O)n1C2)COC(=O)[C@]3(O)CC. The summed E-state index contributed by atoms with van der Waals surface area (Å²) in [5.41, 5.74) is 3.78. The van der Waals surface area contributed by atoms with Crippen LogP contribution in [0.3, 0.4) is 0 Å². The van der Waals surface area contributed by atoms with Crippen molar-refractivity contribution in [2.45, 2.75) is 78.7 Å². The third-order valence-electron chi connectivity index (χ3n) is 7.10. The molecule has 3 N–H and O–H groups in total. The number of carboxylic acid groups (broad SMARTS) is 1. The molecule has 0 radical (unpaired) electrons. The number of carboxylic acids is 1. The Bertz CT molecular complexity index is 1620. The number of pyridine rings is 2. The third kappa shape index (κ3) is 5.67. The van der Waals surface area contributed by atoms with Crippen molar-refractivity contribution >= 4 is 28.9 Å². The molecule has 2 aliphatic rings. The van der Waals surface area contributed by atoms with Gasteiger partial charge >= 0.3 is 18.0 Å². The molecule has 11 heteroatoms. The maximum atomic E-state index is 13.3. The van der Waals surface area contributed by atoms with Crippen LogP contribution in [-0.4, -0.2) is 49.9 Å². The van der Waals surface area contributed by atoms with Crippen molar-refractivity contribution < 1.29 is 34.1 Å². The number of rotatable bonds is 4. The lowest BCUT2D eigenvalue weighted by Crippen LogP contribution is -2.44. The molecular weight excluding hydrogens is 530 g/mol. The highest BCUT2D eigenvalue weighted by Crippen LogP contribution is 2.40. The topological polar surface area (TPSA) is 157 Å². The summed E-state index contributed by atoms with van der Waals surface area (Å²) in [6.45, 7) is 10.9. The average molecular weight is 566 g/mol. The second-order valence-electron chi connectivity index (χ2n) is 11.1. The van der Waals surface area contributed by atoms with Crippen molar-refractivity contribution in [2.75, 3.05) is 6.54 Å². The van der Waals surface area contributed by atoms with Crippen molar-refractivity contribution in [3.63, 3.8) is 0 Å². The van der Waals surface area contributed by atoms with E-state index in [2.05, 4.69) is 25.2 Å². The number of fused-ring (bicyclic) bond motifs is 5. The van der Waals surface area contributed by atoms with Gasteiger partial charge in [0.1, 0.15) is 18.8 Å². The lowest BCUT2D eigenvalue weighted by molar-refractivity contribution is -0.172. The summed E-state index contributed by atoms with van der Waals surface area (Å²) in [4.78, 5) is 51.2. The van der Waals surface area contributed by atoms with Crippen LogP contribution >= 0.6 is 0 Å². The van der Waals surface area contributed by atoms with E-state index in [-0.39, 0.29) is 18.6 Å². The molecule has 2 aromatic heterocycles. The van der Waals surface area contributed by atoms with Crippen LogP contribution in [0.1, 0.15) is 68.9 Å². The smallest absolute Gasteiger partial charge is 0.408 e. The van der Waals surface area contributed by atoms with Gasteiger partial charge in [-0.15, -0.1) is 0 Å². The number of ether oxygens (including phenoxy) is 2. The Hall–Kier alpha value is -4.25. The number of nitrogens with one attached hydrogen (secondary N) is 1. The maximum Gasteiger partial charge on any atom is 0.408 e. The molecule has 0 spiro atoms. The first-order valence-electron chi connectivity index (χ1n) is 13.5. The number of esters is 1. The minimum Gasteiger partial charge on any atom is -0.480 e. The Morgan fingerprint density at radius 3 is 2.49 bits per heavy atom. The van der Waals surface area contributed by atoms with Crippen LogP contribution < -0.4 is 10.9 Å². The summed E-state index contributed by atoms with van der Waals surface area (Å²) in [6.07, 6.45) is 0.248. The third-order valence-corrected chi connectivity index (χ3v) is 7.10. The molecule has 0 aliphatic carbocycles. The van der Waals surface area contributed by atoms with Gasteiger partial charge in [-0.25, -0.2) is 14.6 Å². The van der Waals surface area contributed by atoms with Gasteiger partial charge in [-0.2, -0.15) is 0 Å². The van der Waals surface area contributed by atoms with Crippen LogP contribution in [0.25, 0.3) is 22.3 Å². The minimum absolute atomic E-state index is 0.110. The van der Waals surface area contributed by atoms with Crippen molar-refractivity contribution in [2.24, 2.45) is 0 Å². The fraction of sp³-hybridized carbons (Fsp3) is 0.433. The maximum absolute atomic E-state index is 13.3.